The number of rotatable bonds is 3. The number of carboxylic acids is 1. The molecule has 3 aliphatic rings. The van der Waals surface area contributed by atoms with Crippen LogP contribution < -0.4 is 4.72 Å². The molecule has 0 aromatic carbocycles. The second-order valence-corrected chi connectivity index (χ2v) is 8.14. The third-order valence-corrected chi connectivity index (χ3v) is 7.09. The summed E-state index contributed by atoms with van der Waals surface area (Å²) in [5.74, 6) is -1.64. The number of carboxylic acid groups (broad SMARTS) is 1. The van der Waals surface area contributed by atoms with E-state index < -0.39 is 38.4 Å². The monoisotopic (exact) mass is 304 g/mol. The normalized spacial score (nSPS) is 38.7. The fourth-order valence-electron chi connectivity index (χ4n) is 2.78. The van der Waals surface area contributed by atoms with Crippen LogP contribution in [0.15, 0.2) is 12.3 Å². The molecular weight excluding hydrogens is 292 g/mol. The van der Waals surface area contributed by atoms with Crippen LogP contribution in [0.4, 0.5) is 0 Å². The Morgan fingerprint density at radius 1 is 1.58 bits per heavy atom. The van der Waals surface area contributed by atoms with Crippen molar-refractivity contribution in [3.63, 3.8) is 0 Å². The maximum absolute atomic E-state index is 12.3. The predicted octanol–water partition coefficient (Wildman–Crippen LogP) is -0.681. The van der Waals surface area contributed by atoms with E-state index in [4.69, 9.17) is 0 Å². The van der Waals surface area contributed by atoms with E-state index in [1.807, 2.05) is 0 Å². The van der Waals surface area contributed by atoms with Gasteiger partial charge in [-0.25, -0.2) is 13.2 Å². The molecule has 0 saturated carbocycles. The van der Waals surface area contributed by atoms with Gasteiger partial charge >= 0.3 is 5.97 Å². The van der Waals surface area contributed by atoms with Crippen LogP contribution >= 0.6 is 11.9 Å². The lowest BCUT2D eigenvalue weighted by Crippen LogP contribution is -2.56. The van der Waals surface area contributed by atoms with Gasteiger partial charge in [-0.3, -0.25) is 4.79 Å². The maximum atomic E-state index is 12.3. The zero-order valence-corrected chi connectivity index (χ0v) is 11.4. The molecule has 3 heterocycles. The van der Waals surface area contributed by atoms with Crippen LogP contribution in [0.3, 0.4) is 0 Å². The van der Waals surface area contributed by atoms with Gasteiger partial charge in [-0.15, -0.1) is 0 Å². The number of hydrogen-bond acceptors (Lipinski definition) is 6. The Bertz CT molecular complexity index is 572. The van der Waals surface area contributed by atoms with E-state index in [1.54, 1.807) is 12.3 Å². The molecule has 2 saturated heterocycles. The number of amides is 1. The van der Waals surface area contributed by atoms with Gasteiger partial charge in [0.05, 0.1) is 11.7 Å². The van der Waals surface area contributed by atoms with Gasteiger partial charge in [0, 0.05) is 11.4 Å². The van der Waals surface area contributed by atoms with Gasteiger partial charge in [0.25, 0.3) is 0 Å². The summed E-state index contributed by atoms with van der Waals surface area (Å²) in [5.41, 5.74) is 0. The molecule has 3 aliphatic heterocycles. The maximum Gasteiger partial charge on any atom is 0.327 e. The van der Waals surface area contributed by atoms with Gasteiger partial charge in [-0.05, 0) is 18.4 Å². The molecule has 0 aromatic heterocycles. The van der Waals surface area contributed by atoms with Gasteiger partial charge in [0.2, 0.25) is 5.91 Å². The highest BCUT2D eigenvalue weighted by atomic mass is 32.2. The molecule has 0 spiro atoms. The SMILES string of the molecule is O=C(O)C1C(CC2C=CNS2)S(=O)(=O)C2CC(=O)N12. The second kappa shape index (κ2) is 4.14. The molecule has 4 unspecified atom stereocenters. The van der Waals surface area contributed by atoms with E-state index >= 15 is 0 Å². The molecule has 0 aliphatic carbocycles. The minimum atomic E-state index is -3.59. The van der Waals surface area contributed by atoms with Gasteiger partial charge in [-0.1, -0.05) is 6.08 Å². The average Bonchev–Trinajstić information content (AvgIpc) is 2.87. The van der Waals surface area contributed by atoms with Crippen molar-refractivity contribution in [2.45, 2.75) is 34.8 Å². The van der Waals surface area contributed by atoms with Crippen molar-refractivity contribution in [1.29, 1.82) is 0 Å². The molecule has 0 aromatic rings. The standard InChI is InChI=1S/C10H12N2O5S2/c13-7-4-8-12(7)9(10(14)15)6(19(8,16)17)3-5-1-2-11-18-5/h1-2,5-6,8-9,11H,3-4H2,(H,14,15). The molecule has 104 valence electrons. The van der Waals surface area contributed by atoms with E-state index in [1.165, 1.54) is 11.9 Å². The van der Waals surface area contributed by atoms with Gasteiger partial charge in [0.15, 0.2) is 9.84 Å². The summed E-state index contributed by atoms with van der Waals surface area (Å²) in [6.07, 6.45) is 3.62. The number of hydrogen-bond donors (Lipinski definition) is 2. The zero-order chi connectivity index (χ0) is 13.8. The van der Waals surface area contributed by atoms with Crippen molar-refractivity contribution in [2.24, 2.45) is 0 Å². The average molecular weight is 304 g/mol. The molecular formula is C10H12N2O5S2. The summed E-state index contributed by atoms with van der Waals surface area (Å²) < 4.78 is 27.5. The minimum Gasteiger partial charge on any atom is -0.480 e. The first kappa shape index (κ1) is 12.8. The lowest BCUT2D eigenvalue weighted by Gasteiger charge is -2.35. The summed E-state index contributed by atoms with van der Waals surface area (Å²) >= 11 is 1.35. The van der Waals surface area contributed by atoms with Crippen molar-refractivity contribution in [2.75, 3.05) is 0 Å². The summed E-state index contributed by atoms with van der Waals surface area (Å²) in [7, 11) is -3.59. The molecule has 7 nitrogen and oxygen atoms in total. The first-order chi connectivity index (χ1) is 8.93. The van der Waals surface area contributed by atoms with Crippen molar-refractivity contribution >= 4 is 33.7 Å². The topological polar surface area (TPSA) is 104 Å². The van der Waals surface area contributed by atoms with Crippen molar-refractivity contribution < 1.29 is 23.1 Å². The van der Waals surface area contributed by atoms with Crippen LogP contribution in [0.5, 0.6) is 0 Å². The Morgan fingerprint density at radius 2 is 2.32 bits per heavy atom. The highest BCUT2D eigenvalue weighted by Gasteiger charge is 2.63. The number of nitrogens with one attached hydrogen (secondary N) is 1. The minimum absolute atomic E-state index is 0.0876. The van der Waals surface area contributed by atoms with Crippen molar-refractivity contribution in [1.82, 2.24) is 9.62 Å². The Hall–Kier alpha value is -1.22. The fraction of sp³-hybridized carbons (Fsp3) is 0.600. The van der Waals surface area contributed by atoms with Gasteiger partial charge in [-0.2, -0.15) is 0 Å². The number of sulfone groups is 1. The molecule has 0 bridgehead atoms. The molecule has 0 radical (unpaired) electrons. The summed E-state index contributed by atoms with van der Waals surface area (Å²) in [6.45, 7) is 0. The quantitative estimate of drug-likeness (QED) is 0.526. The first-order valence-corrected chi connectivity index (χ1v) is 8.26. The van der Waals surface area contributed by atoms with Crippen molar-refractivity contribution in [3.05, 3.63) is 12.3 Å². The molecule has 2 N–H and O–H groups in total. The largest absolute Gasteiger partial charge is 0.480 e. The van der Waals surface area contributed by atoms with Crippen molar-refractivity contribution in [3.8, 4) is 0 Å². The van der Waals surface area contributed by atoms with Crippen LogP contribution in [0.1, 0.15) is 12.8 Å². The molecule has 1 amide bonds. The number of β-lactam (4-membered cyclic amide) rings is 1. The molecule has 2 fully saturated rings. The van der Waals surface area contributed by atoms with E-state index in [-0.39, 0.29) is 18.1 Å². The fourth-order valence-corrected chi connectivity index (χ4v) is 6.12. The lowest BCUT2D eigenvalue weighted by molar-refractivity contribution is -0.156. The Kier molecular flexibility index (Phi) is 2.79. The first-order valence-electron chi connectivity index (χ1n) is 5.77. The third-order valence-electron chi connectivity index (χ3n) is 3.72. The van der Waals surface area contributed by atoms with E-state index in [9.17, 15) is 23.1 Å². The van der Waals surface area contributed by atoms with E-state index in [0.29, 0.717) is 0 Å². The van der Waals surface area contributed by atoms with Gasteiger partial charge in [0.1, 0.15) is 11.4 Å². The highest BCUT2D eigenvalue weighted by Crippen LogP contribution is 2.42. The molecule has 19 heavy (non-hydrogen) atoms. The Balaban J connectivity index is 1.92. The molecule has 3 rings (SSSR count). The summed E-state index contributed by atoms with van der Waals surface area (Å²) in [5, 5.41) is 7.18. The number of fused-ring (bicyclic) bond motifs is 1. The number of carbonyl (C=O) groups excluding carboxylic acids is 1. The second-order valence-electron chi connectivity index (χ2n) is 4.74. The number of nitrogens with zero attached hydrogens (tertiary/aromatic N) is 1. The van der Waals surface area contributed by atoms with E-state index in [0.717, 1.165) is 4.90 Å². The van der Waals surface area contributed by atoms with E-state index in [2.05, 4.69) is 4.72 Å². The Morgan fingerprint density at radius 3 is 2.84 bits per heavy atom. The summed E-state index contributed by atoms with van der Waals surface area (Å²) in [6, 6.07) is -1.24. The van der Waals surface area contributed by atoms with Crippen LogP contribution in [0, 0.1) is 0 Å². The molecule has 9 heteroatoms. The number of carbonyl (C=O) groups is 2. The summed E-state index contributed by atoms with van der Waals surface area (Å²) in [4.78, 5) is 23.8. The number of aliphatic carboxylic acids is 1. The third kappa shape index (κ3) is 1.75. The highest BCUT2D eigenvalue weighted by molar-refractivity contribution is 7.98. The zero-order valence-electron chi connectivity index (χ0n) is 9.72. The van der Waals surface area contributed by atoms with Crippen LogP contribution in [-0.2, 0) is 19.4 Å². The van der Waals surface area contributed by atoms with Crippen LogP contribution in [0.2, 0.25) is 0 Å². The van der Waals surface area contributed by atoms with Crippen LogP contribution in [0.25, 0.3) is 0 Å². The predicted molar refractivity (Wildman–Crippen MR) is 67.7 cm³/mol. The smallest absolute Gasteiger partial charge is 0.327 e. The van der Waals surface area contributed by atoms with Gasteiger partial charge < -0.3 is 14.7 Å². The molecule has 4 atom stereocenters. The Labute approximate surface area is 114 Å². The van der Waals surface area contributed by atoms with Crippen LogP contribution in [-0.4, -0.2) is 52.2 Å². The lowest BCUT2D eigenvalue weighted by atomic mass is 10.0.